The molecule has 1 aromatic carbocycles. The van der Waals surface area contributed by atoms with Crippen LogP contribution in [0.2, 0.25) is 0 Å². The van der Waals surface area contributed by atoms with Crippen LogP contribution in [0, 0.1) is 6.92 Å². The summed E-state index contributed by atoms with van der Waals surface area (Å²) in [6.07, 6.45) is 2.66. The van der Waals surface area contributed by atoms with Crippen molar-refractivity contribution in [1.29, 1.82) is 0 Å². The van der Waals surface area contributed by atoms with Crippen molar-refractivity contribution in [2.24, 2.45) is 0 Å². The molecule has 1 amide bonds. The normalized spacial score (nSPS) is 15.1. The van der Waals surface area contributed by atoms with Gasteiger partial charge in [0, 0.05) is 50.4 Å². The van der Waals surface area contributed by atoms with Crippen LogP contribution in [0.15, 0.2) is 40.3 Å². The summed E-state index contributed by atoms with van der Waals surface area (Å²) in [5.74, 6) is 0.113. The van der Waals surface area contributed by atoms with Gasteiger partial charge in [-0.15, -0.1) is 0 Å². The molecule has 1 aliphatic rings. The largest absolute Gasteiger partial charge is 0.340 e. The number of rotatable bonds is 6. The first-order valence-corrected chi connectivity index (χ1v) is 10.5. The monoisotopic (exact) mass is 386 g/mol. The highest BCUT2D eigenvalue weighted by Gasteiger charge is 2.21. The van der Waals surface area contributed by atoms with Crippen LogP contribution >= 0.6 is 11.8 Å². The molecular formula is C20H26N4O2S. The van der Waals surface area contributed by atoms with Crippen molar-refractivity contribution in [3.63, 3.8) is 0 Å². The second-order valence-corrected chi connectivity index (χ2v) is 7.58. The number of aryl methyl sites for hydroxylation is 1. The van der Waals surface area contributed by atoms with E-state index >= 15 is 0 Å². The van der Waals surface area contributed by atoms with E-state index < -0.39 is 0 Å². The van der Waals surface area contributed by atoms with Gasteiger partial charge < -0.3 is 9.88 Å². The maximum Gasteiger partial charge on any atom is 0.254 e. The van der Waals surface area contributed by atoms with Gasteiger partial charge in [-0.1, -0.05) is 42.1 Å². The number of aromatic nitrogens is 2. The summed E-state index contributed by atoms with van der Waals surface area (Å²) in [7, 11) is 0. The fourth-order valence-corrected chi connectivity index (χ4v) is 3.79. The molecule has 6 nitrogen and oxygen atoms in total. The maximum absolute atomic E-state index is 12.6. The maximum atomic E-state index is 12.6. The Morgan fingerprint density at radius 1 is 1.19 bits per heavy atom. The highest BCUT2D eigenvalue weighted by molar-refractivity contribution is 7.98. The van der Waals surface area contributed by atoms with Gasteiger partial charge in [0.25, 0.3) is 5.56 Å². The van der Waals surface area contributed by atoms with Gasteiger partial charge in [0.2, 0.25) is 5.91 Å². The van der Waals surface area contributed by atoms with Crippen LogP contribution in [0.5, 0.6) is 0 Å². The number of amides is 1. The minimum atomic E-state index is -0.132. The van der Waals surface area contributed by atoms with E-state index in [1.54, 1.807) is 0 Å². The van der Waals surface area contributed by atoms with Crippen LogP contribution in [-0.2, 0) is 17.8 Å². The average molecular weight is 387 g/mol. The van der Waals surface area contributed by atoms with Gasteiger partial charge in [-0.25, -0.2) is 4.98 Å². The molecule has 1 saturated heterocycles. The lowest BCUT2D eigenvalue weighted by Gasteiger charge is -2.34. The van der Waals surface area contributed by atoms with E-state index in [1.165, 1.54) is 17.3 Å². The van der Waals surface area contributed by atoms with Gasteiger partial charge in [-0.3, -0.25) is 14.5 Å². The summed E-state index contributed by atoms with van der Waals surface area (Å²) in [4.78, 5) is 36.2. The molecule has 0 radical (unpaired) electrons. The number of hydrogen-bond acceptors (Lipinski definition) is 5. The molecule has 2 heterocycles. The van der Waals surface area contributed by atoms with Crippen molar-refractivity contribution in [2.75, 3.05) is 32.4 Å². The third-order valence-electron chi connectivity index (χ3n) is 4.96. The molecule has 2 aromatic rings. The Bertz CT molecular complexity index is 830. The van der Waals surface area contributed by atoms with Gasteiger partial charge in [0.05, 0.1) is 0 Å². The van der Waals surface area contributed by atoms with Crippen LogP contribution in [0.25, 0.3) is 0 Å². The number of nitrogens with zero attached hydrogens (tertiary/aromatic N) is 3. The fourth-order valence-electron chi connectivity index (χ4n) is 3.36. The SMILES string of the molecule is CSc1nc(C)c(CCC(=O)N2CCN(Cc3ccccc3)CC2)c(=O)[nH]1. The Labute approximate surface area is 164 Å². The average Bonchev–Trinajstić information content (AvgIpc) is 2.68. The van der Waals surface area contributed by atoms with Crippen molar-refractivity contribution in [2.45, 2.75) is 31.5 Å². The highest BCUT2D eigenvalue weighted by Crippen LogP contribution is 2.12. The first kappa shape index (κ1) is 19.6. The van der Waals surface area contributed by atoms with E-state index in [4.69, 9.17) is 0 Å². The quantitative estimate of drug-likeness (QED) is 0.608. The zero-order valence-corrected chi connectivity index (χ0v) is 16.7. The third kappa shape index (κ3) is 5.20. The number of H-pyrrole nitrogens is 1. The Balaban J connectivity index is 1.49. The van der Waals surface area contributed by atoms with Crippen LogP contribution in [0.3, 0.4) is 0 Å². The third-order valence-corrected chi connectivity index (χ3v) is 5.54. The molecule has 1 aromatic heterocycles. The van der Waals surface area contributed by atoms with Crippen molar-refractivity contribution in [3.8, 4) is 0 Å². The first-order valence-electron chi connectivity index (χ1n) is 9.24. The van der Waals surface area contributed by atoms with Crippen LogP contribution in [-0.4, -0.2) is 58.1 Å². The smallest absolute Gasteiger partial charge is 0.254 e. The van der Waals surface area contributed by atoms with Gasteiger partial charge >= 0.3 is 0 Å². The Hall–Kier alpha value is -2.12. The van der Waals surface area contributed by atoms with Gasteiger partial charge in [0.15, 0.2) is 5.16 Å². The summed E-state index contributed by atoms with van der Waals surface area (Å²) in [5, 5.41) is 0.613. The Morgan fingerprint density at radius 3 is 2.52 bits per heavy atom. The van der Waals surface area contributed by atoms with Gasteiger partial charge in [0.1, 0.15) is 0 Å². The van der Waals surface area contributed by atoms with Crippen LogP contribution in [0.1, 0.15) is 23.2 Å². The molecular weight excluding hydrogens is 360 g/mol. The lowest BCUT2D eigenvalue weighted by Crippen LogP contribution is -2.48. The molecule has 27 heavy (non-hydrogen) atoms. The minimum Gasteiger partial charge on any atom is -0.340 e. The minimum absolute atomic E-state index is 0.113. The molecule has 0 aliphatic carbocycles. The highest BCUT2D eigenvalue weighted by atomic mass is 32.2. The predicted octanol–water partition coefficient (Wildman–Crippen LogP) is 2.08. The summed E-state index contributed by atoms with van der Waals surface area (Å²) >= 11 is 1.41. The van der Waals surface area contributed by atoms with E-state index in [2.05, 4.69) is 39.1 Å². The molecule has 1 fully saturated rings. The first-order chi connectivity index (χ1) is 13.1. The van der Waals surface area contributed by atoms with Crippen LogP contribution in [0.4, 0.5) is 0 Å². The molecule has 0 bridgehead atoms. The van der Waals surface area contributed by atoms with Crippen molar-refractivity contribution in [1.82, 2.24) is 19.8 Å². The summed E-state index contributed by atoms with van der Waals surface area (Å²) in [5.41, 5.74) is 2.49. The number of piperazine rings is 1. The molecule has 1 aliphatic heterocycles. The second kappa shape index (κ2) is 9.19. The molecule has 0 atom stereocenters. The summed E-state index contributed by atoms with van der Waals surface area (Å²) in [6.45, 7) is 5.99. The molecule has 0 unspecified atom stereocenters. The molecule has 144 valence electrons. The lowest BCUT2D eigenvalue weighted by atomic mass is 10.1. The van der Waals surface area contributed by atoms with Gasteiger partial charge in [-0.2, -0.15) is 0 Å². The number of carbonyl (C=O) groups excluding carboxylic acids is 1. The predicted molar refractivity (Wildman–Crippen MR) is 108 cm³/mol. The van der Waals surface area contributed by atoms with E-state index in [1.807, 2.05) is 24.1 Å². The topological polar surface area (TPSA) is 69.3 Å². The summed E-state index contributed by atoms with van der Waals surface area (Å²) in [6, 6.07) is 10.4. The van der Waals surface area contributed by atoms with Crippen molar-refractivity contribution in [3.05, 3.63) is 57.5 Å². The number of aromatic amines is 1. The zero-order valence-electron chi connectivity index (χ0n) is 15.9. The Kier molecular flexibility index (Phi) is 6.68. The standard InChI is InChI=1S/C20H26N4O2S/c1-15-17(19(26)22-20(21-15)27-2)8-9-18(25)24-12-10-23(11-13-24)14-16-6-4-3-5-7-16/h3-7H,8-14H2,1-2H3,(H,21,22,26). The number of nitrogens with one attached hydrogen (secondary N) is 1. The van der Waals surface area contributed by atoms with Gasteiger partial charge in [-0.05, 0) is 25.2 Å². The number of benzene rings is 1. The number of thioether (sulfide) groups is 1. The fraction of sp³-hybridized carbons (Fsp3) is 0.450. The second-order valence-electron chi connectivity index (χ2n) is 6.78. The molecule has 3 rings (SSSR count). The number of carbonyl (C=O) groups is 1. The summed E-state index contributed by atoms with van der Waals surface area (Å²) < 4.78 is 0. The molecule has 7 heteroatoms. The molecule has 0 saturated carbocycles. The lowest BCUT2D eigenvalue weighted by molar-refractivity contribution is -0.133. The van der Waals surface area contributed by atoms with E-state index in [-0.39, 0.29) is 11.5 Å². The van der Waals surface area contributed by atoms with E-state index in [0.29, 0.717) is 29.3 Å². The zero-order chi connectivity index (χ0) is 19.2. The van der Waals surface area contributed by atoms with Crippen molar-refractivity contribution < 1.29 is 4.79 Å². The number of hydrogen-bond donors (Lipinski definition) is 1. The van der Waals surface area contributed by atoms with E-state index in [0.717, 1.165) is 32.7 Å². The van der Waals surface area contributed by atoms with Crippen molar-refractivity contribution >= 4 is 17.7 Å². The van der Waals surface area contributed by atoms with Crippen LogP contribution < -0.4 is 5.56 Å². The van der Waals surface area contributed by atoms with E-state index in [9.17, 15) is 9.59 Å². The molecule has 0 spiro atoms. The Morgan fingerprint density at radius 2 is 1.89 bits per heavy atom. The molecule has 1 N–H and O–H groups in total.